The van der Waals surface area contributed by atoms with Crippen LogP contribution < -0.4 is 0 Å². The van der Waals surface area contributed by atoms with E-state index in [2.05, 4.69) is 4.98 Å². The maximum Gasteiger partial charge on any atom is 0.418 e. The number of nitrogens with zero attached hydrogens (tertiary/aromatic N) is 1. The lowest BCUT2D eigenvalue weighted by atomic mass is 9.94. The Kier molecular flexibility index (Phi) is 6.12. The summed E-state index contributed by atoms with van der Waals surface area (Å²) in [5, 5.41) is 0.194. The van der Waals surface area contributed by atoms with Crippen LogP contribution >= 0.6 is 0 Å². The van der Waals surface area contributed by atoms with Crippen LogP contribution in [0.1, 0.15) is 18.1 Å². The van der Waals surface area contributed by atoms with E-state index in [0.717, 1.165) is 18.2 Å². The van der Waals surface area contributed by atoms with Crippen LogP contribution in [0, 0.1) is 0 Å². The molecular formula is C25H17F6NO2S. The van der Waals surface area contributed by atoms with Gasteiger partial charge in [-0.1, -0.05) is 43.3 Å². The van der Waals surface area contributed by atoms with Crippen LogP contribution in [0.3, 0.4) is 0 Å². The molecule has 0 radical (unpaired) electrons. The Morgan fingerprint density at radius 1 is 0.743 bits per heavy atom. The lowest BCUT2D eigenvalue weighted by Gasteiger charge is -2.16. The normalized spacial score (nSPS) is 12.8. The molecule has 1 heterocycles. The summed E-state index contributed by atoms with van der Waals surface area (Å²) in [6, 6.07) is 13.8. The van der Waals surface area contributed by atoms with Crippen molar-refractivity contribution in [1.29, 1.82) is 0 Å². The maximum absolute atomic E-state index is 13.9. The highest BCUT2D eigenvalue weighted by Crippen LogP contribution is 2.41. The second kappa shape index (κ2) is 8.67. The van der Waals surface area contributed by atoms with E-state index in [1.807, 2.05) is 0 Å². The molecule has 0 unspecified atom stereocenters. The van der Waals surface area contributed by atoms with Crippen LogP contribution in [-0.4, -0.2) is 19.2 Å². The second-order valence-corrected chi connectivity index (χ2v) is 10.0. The van der Waals surface area contributed by atoms with Gasteiger partial charge < -0.3 is 0 Å². The van der Waals surface area contributed by atoms with Gasteiger partial charge in [0.25, 0.3) is 0 Å². The minimum absolute atomic E-state index is 0.132. The van der Waals surface area contributed by atoms with Gasteiger partial charge >= 0.3 is 12.4 Å². The van der Waals surface area contributed by atoms with Crippen molar-refractivity contribution in [2.75, 3.05) is 5.75 Å². The fourth-order valence-corrected chi connectivity index (χ4v) is 4.79. The van der Waals surface area contributed by atoms with Crippen molar-refractivity contribution in [3.05, 3.63) is 84.1 Å². The van der Waals surface area contributed by atoms with E-state index in [1.165, 1.54) is 49.5 Å². The number of fused-ring (bicyclic) bond motifs is 1. The third-order valence-corrected chi connectivity index (χ3v) is 7.33. The molecule has 3 aromatic carbocycles. The number of para-hydroxylation sites is 1. The molecule has 0 spiro atoms. The van der Waals surface area contributed by atoms with Crippen molar-refractivity contribution in [3.8, 4) is 22.3 Å². The van der Waals surface area contributed by atoms with E-state index in [-0.39, 0.29) is 27.8 Å². The van der Waals surface area contributed by atoms with E-state index in [4.69, 9.17) is 0 Å². The van der Waals surface area contributed by atoms with Crippen LogP contribution in [-0.2, 0) is 22.2 Å². The Balaban J connectivity index is 1.91. The molecule has 0 aliphatic heterocycles. The molecule has 0 fully saturated rings. The molecule has 3 nitrogen and oxygen atoms in total. The molecular weight excluding hydrogens is 492 g/mol. The molecule has 0 amide bonds. The van der Waals surface area contributed by atoms with Gasteiger partial charge in [0.05, 0.1) is 27.3 Å². The highest BCUT2D eigenvalue weighted by Gasteiger charge is 2.35. The number of sulfone groups is 1. The van der Waals surface area contributed by atoms with Gasteiger partial charge in [0, 0.05) is 11.6 Å². The molecule has 0 saturated carbocycles. The first kappa shape index (κ1) is 24.7. The van der Waals surface area contributed by atoms with Gasteiger partial charge in [-0.15, -0.1) is 0 Å². The molecule has 4 aromatic rings. The van der Waals surface area contributed by atoms with Crippen LogP contribution in [0.25, 0.3) is 33.2 Å². The van der Waals surface area contributed by atoms with Gasteiger partial charge in [-0.05, 0) is 52.6 Å². The molecule has 0 aliphatic carbocycles. The van der Waals surface area contributed by atoms with Gasteiger partial charge in [-0.25, -0.2) is 8.42 Å². The molecule has 0 saturated heterocycles. The van der Waals surface area contributed by atoms with Crippen molar-refractivity contribution in [1.82, 2.24) is 4.98 Å². The Morgan fingerprint density at radius 2 is 1.37 bits per heavy atom. The smallest absolute Gasteiger partial charge is 0.256 e. The molecule has 0 N–H and O–H groups in total. The standard InChI is InChI=1S/C25H17F6NO2S/c1-2-35(33,34)17-9-10-19(22(14-17)25(29,30)31)16-6-3-5-15(13-16)18-11-12-32-23-20(18)7-4-8-21(23)24(26,27)28/h3-14H,2H2,1H3. The zero-order valence-electron chi connectivity index (χ0n) is 18.1. The van der Waals surface area contributed by atoms with Gasteiger partial charge in [-0.2, -0.15) is 26.3 Å². The Hall–Kier alpha value is -3.40. The molecule has 1 aromatic heterocycles. The van der Waals surface area contributed by atoms with Crippen LogP contribution in [0.15, 0.2) is 77.8 Å². The van der Waals surface area contributed by atoms with Gasteiger partial charge in [0.1, 0.15) is 0 Å². The number of halogens is 6. The van der Waals surface area contributed by atoms with E-state index in [9.17, 15) is 34.8 Å². The van der Waals surface area contributed by atoms with Crippen molar-refractivity contribution in [2.45, 2.75) is 24.2 Å². The summed E-state index contributed by atoms with van der Waals surface area (Å²) in [4.78, 5) is 3.44. The lowest BCUT2D eigenvalue weighted by molar-refractivity contribution is -0.137. The van der Waals surface area contributed by atoms with E-state index in [0.29, 0.717) is 17.2 Å². The largest absolute Gasteiger partial charge is 0.418 e. The molecule has 0 aliphatic rings. The molecule has 35 heavy (non-hydrogen) atoms. The van der Waals surface area contributed by atoms with Gasteiger partial charge in [-0.3, -0.25) is 4.98 Å². The minimum atomic E-state index is -4.84. The predicted octanol–water partition coefficient (Wildman–Crippen LogP) is 7.40. The summed E-state index contributed by atoms with van der Waals surface area (Å²) in [5.41, 5.74) is -1.68. The SMILES string of the molecule is CCS(=O)(=O)c1ccc(-c2cccc(-c3ccnc4c(C(F)(F)F)cccc34)c2)c(C(F)(F)F)c1. The number of rotatable bonds is 4. The van der Waals surface area contributed by atoms with E-state index in [1.54, 1.807) is 6.07 Å². The fourth-order valence-electron chi connectivity index (χ4n) is 3.88. The topological polar surface area (TPSA) is 47.0 Å². The van der Waals surface area contributed by atoms with Crippen molar-refractivity contribution < 1.29 is 34.8 Å². The average Bonchev–Trinajstić information content (AvgIpc) is 2.81. The first-order valence-electron chi connectivity index (χ1n) is 10.3. The zero-order valence-corrected chi connectivity index (χ0v) is 18.9. The number of hydrogen-bond donors (Lipinski definition) is 0. The first-order valence-corrected chi connectivity index (χ1v) is 12.0. The monoisotopic (exact) mass is 509 g/mol. The number of benzene rings is 3. The van der Waals surface area contributed by atoms with Crippen molar-refractivity contribution in [3.63, 3.8) is 0 Å². The number of pyridine rings is 1. The fraction of sp³-hybridized carbons (Fsp3) is 0.160. The zero-order chi connectivity index (χ0) is 25.6. The van der Waals surface area contributed by atoms with Gasteiger partial charge in [0.15, 0.2) is 9.84 Å². The summed E-state index contributed by atoms with van der Waals surface area (Å²) in [5.74, 6) is -0.353. The van der Waals surface area contributed by atoms with Crippen LogP contribution in [0.2, 0.25) is 0 Å². The van der Waals surface area contributed by atoms with Crippen molar-refractivity contribution in [2.24, 2.45) is 0 Å². The summed E-state index contributed by atoms with van der Waals surface area (Å²) < 4.78 is 106. The Bertz CT molecular complexity index is 1530. The molecule has 10 heteroatoms. The van der Waals surface area contributed by atoms with Gasteiger partial charge in [0.2, 0.25) is 0 Å². The third kappa shape index (κ3) is 4.75. The number of hydrogen-bond acceptors (Lipinski definition) is 3. The Labute approximate surface area is 197 Å². The second-order valence-electron chi connectivity index (χ2n) is 7.75. The highest BCUT2D eigenvalue weighted by atomic mass is 32.2. The Morgan fingerprint density at radius 3 is 2.00 bits per heavy atom. The maximum atomic E-state index is 13.9. The summed E-state index contributed by atoms with van der Waals surface area (Å²) in [6.07, 6.45) is -8.25. The highest BCUT2D eigenvalue weighted by molar-refractivity contribution is 7.91. The number of aromatic nitrogens is 1. The third-order valence-electron chi connectivity index (χ3n) is 5.60. The van der Waals surface area contributed by atoms with E-state index < -0.39 is 38.2 Å². The summed E-state index contributed by atoms with van der Waals surface area (Å²) in [6.45, 7) is 1.34. The molecule has 182 valence electrons. The average molecular weight is 509 g/mol. The first-order chi connectivity index (χ1) is 16.3. The predicted molar refractivity (Wildman–Crippen MR) is 120 cm³/mol. The summed E-state index contributed by atoms with van der Waals surface area (Å²) in [7, 11) is -3.87. The molecule has 4 rings (SSSR count). The summed E-state index contributed by atoms with van der Waals surface area (Å²) >= 11 is 0. The molecule has 0 bridgehead atoms. The quantitative estimate of drug-likeness (QED) is 0.269. The van der Waals surface area contributed by atoms with Crippen LogP contribution in [0.4, 0.5) is 26.3 Å². The molecule has 0 atom stereocenters. The lowest BCUT2D eigenvalue weighted by Crippen LogP contribution is -2.11. The van der Waals surface area contributed by atoms with Crippen LogP contribution in [0.5, 0.6) is 0 Å². The minimum Gasteiger partial charge on any atom is -0.256 e. The van der Waals surface area contributed by atoms with Crippen molar-refractivity contribution >= 4 is 20.7 Å². The number of alkyl halides is 6. The van der Waals surface area contributed by atoms with E-state index >= 15 is 0 Å².